The molecule has 0 aromatic carbocycles. The summed E-state index contributed by atoms with van der Waals surface area (Å²) in [6.45, 7) is 1.78. The number of carbonyl (C=O) groups is 1. The molecule has 1 aliphatic rings. The zero-order valence-corrected chi connectivity index (χ0v) is 12.7. The number of hydrogen-bond acceptors (Lipinski definition) is 5. The Morgan fingerprint density at radius 3 is 2.67 bits per heavy atom. The van der Waals surface area contributed by atoms with E-state index in [-0.39, 0.29) is 18.6 Å². The molecule has 0 radical (unpaired) electrons. The third-order valence-corrected chi connectivity index (χ3v) is 3.63. The standard InChI is InChI=1S/C15H23N3O3/c1-17(2)14-4-3-12(11-16-14)15(20)18-7-5-13(6-8-18)21-10-9-19/h3-4,11,13,19H,5-10H2,1-2H3. The summed E-state index contributed by atoms with van der Waals surface area (Å²) >= 11 is 0. The minimum absolute atomic E-state index is 0.0217. The highest BCUT2D eigenvalue weighted by Crippen LogP contribution is 2.17. The molecular weight excluding hydrogens is 270 g/mol. The number of aromatic nitrogens is 1. The number of aliphatic hydroxyl groups is 1. The molecule has 0 spiro atoms. The van der Waals surface area contributed by atoms with Crippen LogP contribution >= 0.6 is 0 Å². The van der Waals surface area contributed by atoms with Crippen molar-refractivity contribution >= 4 is 11.7 Å². The number of hydrogen-bond donors (Lipinski definition) is 1. The number of likely N-dealkylation sites (tertiary alicyclic amines) is 1. The maximum absolute atomic E-state index is 12.4. The molecule has 6 nitrogen and oxygen atoms in total. The van der Waals surface area contributed by atoms with Gasteiger partial charge in [0.1, 0.15) is 5.82 Å². The molecule has 1 fully saturated rings. The van der Waals surface area contributed by atoms with Crippen LogP contribution in [0.4, 0.5) is 5.82 Å². The van der Waals surface area contributed by atoms with Crippen LogP contribution in [0.25, 0.3) is 0 Å². The first kappa shape index (κ1) is 15.7. The number of anilines is 1. The van der Waals surface area contributed by atoms with Crippen LogP contribution in [0.5, 0.6) is 0 Å². The van der Waals surface area contributed by atoms with E-state index in [2.05, 4.69) is 4.98 Å². The van der Waals surface area contributed by atoms with Crippen molar-refractivity contribution in [3.63, 3.8) is 0 Å². The lowest BCUT2D eigenvalue weighted by atomic mass is 10.1. The van der Waals surface area contributed by atoms with Crippen LogP contribution in [0.2, 0.25) is 0 Å². The van der Waals surface area contributed by atoms with Gasteiger partial charge in [-0.25, -0.2) is 4.98 Å². The van der Waals surface area contributed by atoms with Crippen LogP contribution in [0, 0.1) is 0 Å². The predicted molar refractivity (Wildman–Crippen MR) is 80.5 cm³/mol. The van der Waals surface area contributed by atoms with Gasteiger partial charge in [-0.15, -0.1) is 0 Å². The van der Waals surface area contributed by atoms with E-state index >= 15 is 0 Å². The summed E-state index contributed by atoms with van der Waals surface area (Å²) in [6, 6.07) is 3.67. The third kappa shape index (κ3) is 4.15. The number of ether oxygens (including phenoxy) is 1. The lowest BCUT2D eigenvalue weighted by molar-refractivity contribution is -0.00554. The highest BCUT2D eigenvalue weighted by Gasteiger charge is 2.24. The van der Waals surface area contributed by atoms with E-state index in [4.69, 9.17) is 9.84 Å². The summed E-state index contributed by atoms with van der Waals surface area (Å²) in [7, 11) is 3.84. The van der Waals surface area contributed by atoms with Crippen LogP contribution in [-0.2, 0) is 4.74 Å². The Hall–Kier alpha value is -1.66. The number of nitrogens with zero attached hydrogens (tertiary/aromatic N) is 3. The van der Waals surface area contributed by atoms with Gasteiger partial charge in [0.05, 0.1) is 24.9 Å². The van der Waals surface area contributed by atoms with Crippen LogP contribution in [-0.4, -0.2) is 67.4 Å². The lowest BCUT2D eigenvalue weighted by Crippen LogP contribution is -2.41. The fraction of sp³-hybridized carbons (Fsp3) is 0.600. The molecular formula is C15H23N3O3. The van der Waals surface area contributed by atoms with Crippen molar-refractivity contribution in [1.82, 2.24) is 9.88 Å². The number of amides is 1. The normalized spacial score (nSPS) is 16.0. The van der Waals surface area contributed by atoms with Crippen molar-refractivity contribution in [2.75, 3.05) is 45.3 Å². The summed E-state index contributed by atoms with van der Waals surface area (Å²) in [4.78, 5) is 20.4. The van der Waals surface area contributed by atoms with Crippen LogP contribution in [0.15, 0.2) is 18.3 Å². The summed E-state index contributed by atoms with van der Waals surface area (Å²) in [5.74, 6) is 0.857. The fourth-order valence-corrected chi connectivity index (χ4v) is 2.40. The Kier molecular flexibility index (Phi) is 5.52. The van der Waals surface area contributed by atoms with E-state index in [0.29, 0.717) is 25.3 Å². The van der Waals surface area contributed by atoms with Crippen molar-refractivity contribution in [3.8, 4) is 0 Å². The third-order valence-electron chi connectivity index (χ3n) is 3.63. The number of piperidine rings is 1. The Balaban J connectivity index is 1.89. The van der Waals surface area contributed by atoms with E-state index in [0.717, 1.165) is 18.7 Å². The Labute approximate surface area is 125 Å². The highest BCUT2D eigenvalue weighted by atomic mass is 16.5. The summed E-state index contributed by atoms with van der Waals surface area (Å²) < 4.78 is 5.50. The molecule has 0 atom stereocenters. The molecule has 1 aliphatic heterocycles. The minimum Gasteiger partial charge on any atom is -0.394 e. The largest absolute Gasteiger partial charge is 0.394 e. The average Bonchev–Trinajstić information content (AvgIpc) is 2.53. The molecule has 0 unspecified atom stereocenters. The topological polar surface area (TPSA) is 65.9 Å². The van der Waals surface area contributed by atoms with Gasteiger partial charge >= 0.3 is 0 Å². The molecule has 1 aromatic heterocycles. The first-order chi connectivity index (χ1) is 10.1. The molecule has 0 bridgehead atoms. The van der Waals surface area contributed by atoms with Gasteiger partial charge in [-0.05, 0) is 25.0 Å². The Morgan fingerprint density at radius 1 is 1.43 bits per heavy atom. The number of aliphatic hydroxyl groups excluding tert-OH is 1. The van der Waals surface area contributed by atoms with Crippen molar-refractivity contribution in [3.05, 3.63) is 23.9 Å². The first-order valence-corrected chi connectivity index (χ1v) is 7.27. The van der Waals surface area contributed by atoms with Crippen molar-refractivity contribution in [1.29, 1.82) is 0 Å². The van der Waals surface area contributed by atoms with E-state index in [9.17, 15) is 4.79 Å². The fourth-order valence-electron chi connectivity index (χ4n) is 2.40. The quantitative estimate of drug-likeness (QED) is 0.868. The smallest absolute Gasteiger partial charge is 0.255 e. The van der Waals surface area contributed by atoms with Crippen LogP contribution in [0.1, 0.15) is 23.2 Å². The monoisotopic (exact) mass is 293 g/mol. The summed E-state index contributed by atoms with van der Waals surface area (Å²) in [6.07, 6.45) is 3.41. The minimum atomic E-state index is 0.0217. The maximum atomic E-state index is 12.4. The number of carbonyl (C=O) groups excluding carboxylic acids is 1. The molecule has 2 heterocycles. The van der Waals surface area contributed by atoms with E-state index in [1.165, 1.54) is 0 Å². The van der Waals surface area contributed by atoms with Gasteiger partial charge in [0.15, 0.2) is 0 Å². The molecule has 0 saturated carbocycles. The molecule has 1 saturated heterocycles. The molecule has 1 aromatic rings. The average molecular weight is 293 g/mol. The van der Waals surface area contributed by atoms with Gasteiger partial charge in [0.25, 0.3) is 5.91 Å². The summed E-state index contributed by atoms with van der Waals surface area (Å²) in [5, 5.41) is 8.75. The SMILES string of the molecule is CN(C)c1ccc(C(=O)N2CCC(OCCO)CC2)cn1. The molecule has 21 heavy (non-hydrogen) atoms. The van der Waals surface area contributed by atoms with Crippen molar-refractivity contribution < 1.29 is 14.6 Å². The van der Waals surface area contributed by atoms with Crippen LogP contribution < -0.4 is 4.90 Å². The molecule has 2 rings (SSSR count). The molecule has 0 aliphatic carbocycles. The number of pyridine rings is 1. The highest BCUT2D eigenvalue weighted by molar-refractivity contribution is 5.94. The second-order valence-electron chi connectivity index (χ2n) is 5.39. The van der Waals surface area contributed by atoms with Gasteiger partial charge in [0, 0.05) is 33.4 Å². The van der Waals surface area contributed by atoms with Crippen molar-refractivity contribution in [2.45, 2.75) is 18.9 Å². The van der Waals surface area contributed by atoms with Gasteiger partial charge in [0.2, 0.25) is 0 Å². The van der Waals surface area contributed by atoms with Gasteiger partial charge in [-0.3, -0.25) is 4.79 Å². The predicted octanol–water partition coefficient (Wildman–Crippen LogP) is 0.761. The van der Waals surface area contributed by atoms with E-state index in [1.54, 1.807) is 6.20 Å². The maximum Gasteiger partial charge on any atom is 0.255 e. The van der Waals surface area contributed by atoms with Gasteiger partial charge in [-0.2, -0.15) is 0 Å². The van der Waals surface area contributed by atoms with Gasteiger partial charge < -0.3 is 19.6 Å². The van der Waals surface area contributed by atoms with Crippen molar-refractivity contribution in [2.24, 2.45) is 0 Å². The first-order valence-electron chi connectivity index (χ1n) is 7.27. The Morgan fingerprint density at radius 2 is 2.14 bits per heavy atom. The van der Waals surface area contributed by atoms with E-state index < -0.39 is 0 Å². The lowest BCUT2D eigenvalue weighted by Gasteiger charge is -2.31. The van der Waals surface area contributed by atoms with Gasteiger partial charge in [-0.1, -0.05) is 0 Å². The zero-order valence-electron chi connectivity index (χ0n) is 12.7. The van der Waals surface area contributed by atoms with Crippen LogP contribution in [0.3, 0.4) is 0 Å². The Bertz CT molecular complexity index is 454. The summed E-state index contributed by atoms with van der Waals surface area (Å²) in [5.41, 5.74) is 0.621. The second-order valence-corrected chi connectivity index (χ2v) is 5.39. The molecule has 1 N–H and O–H groups in total. The molecule has 116 valence electrons. The molecule has 1 amide bonds. The molecule has 6 heteroatoms. The van der Waals surface area contributed by atoms with E-state index in [1.807, 2.05) is 36.0 Å². The zero-order chi connectivity index (χ0) is 15.2. The second kappa shape index (κ2) is 7.38. The number of rotatable bonds is 5.